The maximum absolute atomic E-state index is 5.90. The van der Waals surface area contributed by atoms with E-state index in [-0.39, 0.29) is 0 Å². The highest BCUT2D eigenvalue weighted by Crippen LogP contribution is 2.26. The van der Waals surface area contributed by atoms with E-state index < -0.39 is 0 Å². The first-order valence-corrected chi connectivity index (χ1v) is 8.54. The lowest BCUT2D eigenvalue weighted by atomic mass is 10.1. The molecule has 0 aromatic heterocycles. The Bertz CT molecular complexity index is 826. The summed E-state index contributed by atoms with van der Waals surface area (Å²) in [5.74, 6) is 1.73. The highest BCUT2D eigenvalue weighted by atomic mass is 16.5. The predicted octanol–water partition coefficient (Wildman–Crippen LogP) is 5.58. The van der Waals surface area contributed by atoms with Gasteiger partial charge in [0.05, 0.1) is 0 Å². The number of benzene rings is 3. The topological polar surface area (TPSA) is 21.3 Å². The molecule has 0 fully saturated rings. The molecule has 3 aromatic rings. The van der Waals surface area contributed by atoms with E-state index in [2.05, 4.69) is 35.6 Å². The zero-order chi connectivity index (χ0) is 16.2. The fraction of sp³-hybridized carbons (Fsp3) is 0.182. The second kappa shape index (κ2) is 6.79. The van der Waals surface area contributed by atoms with Crippen LogP contribution in [0.2, 0.25) is 0 Å². The third kappa shape index (κ3) is 3.43. The third-order valence-electron chi connectivity index (χ3n) is 4.47. The van der Waals surface area contributed by atoms with Crippen molar-refractivity contribution in [1.29, 1.82) is 0 Å². The van der Waals surface area contributed by atoms with Crippen molar-refractivity contribution in [2.24, 2.45) is 0 Å². The number of anilines is 1. The van der Waals surface area contributed by atoms with Gasteiger partial charge in [-0.15, -0.1) is 0 Å². The third-order valence-corrected chi connectivity index (χ3v) is 4.47. The molecule has 0 saturated carbocycles. The summed E-state index contributed by atoms with van der Waals surface area (Å²) in [7, 11) is 0. The Hall–Kier alpha value is -2.74. The number of fused-ring (bicyclic) bond motifs is 1. The van der Waals surface area contributed by atoms with Gasteiger partial charge in [-0.25, -0.2) is 0 Å². The molecular formula is C22H21NO. The summed E-state index contributed by atoms with van der Waals surface area (Å²) < 4.78 is 5.90. The van der Waals surface area contributed by atoms with E-state index in [0.717, 1.165) is 18.0 Å². The van der Waals surface area contributed by atoms with Crippen LogP contribution in [0, 0.1) is 0 Å². The van der Waals surface area contributed by atoms with Crippen molar-refractivity contribution in [3.8, 4) is 11.5 Å². The molecule has 0 saturated heterocycles. The molecule has 120 valence electrons. The first kappa shape index (κ1) is 14.8. The monoisotopic (exact) mass is 315 g/mol. The lowest BCUT2D eigenvalue weighted by Gasteiger charge is -2.10. The van der Waals surface area contributed by atoms with Gasteiger partial charge in [0.2, 0.25) is 0 Å². The summed E-state index contributed by atoms with van der Waals surface area (Å²) in [5, 5.41) is 3.53. The molecule has 3 aromatic carbocycles. The van der Waals surface area contributed by atoms with Crippen molar-refractivity contribution < 1.29 is 4.74 Å². The van der Waals surface area contributed by atoms with Crippen molar-refractivity contribution in [1.82, 2.24) is 0 Å². The molecular weight excluding hydrogens is 294 g/mol. The van der Waals surface area contributed by atoms with Crippen LogP contribution in [-0.4, -0.2) is 0 Å². The second-order valence-electron chi connectivity index (χ2n) is 6.25. The smallest absolute Gasteiger partial charge is 0.127 e. The molecule has 0 unspecified atom stereocenters. The summed E-state index contributed by atoms with van der Waals surface area (Å²) in [6.45, 7) is 0.796. The minimum Gasteiger partial charge on any atom is -0.457 e. The lowest BCUT2D eigenvalue weighted by Crippen LogP contribution is -2.00. The van der Waals surface area contributed by atoms with Gasteiger partial charge >= 0.3 is 0 Å². The maximum atomic E-state index is 5.90. The SMILES string of the molecule is c1ccc(Oc2cccc(CNc3ccc4c(c3)CCC4)c2)cc1. The first-order valence-electron chi connectivity index (χ1n) is 8.54. The maximum Gasteiger partial charge on any atom is 0.127 e. The van der Waals surface area contributed by atoms with Crippen LogP contribution in [0.4, 0.5) is 5.69 Å². The molecule has 0 aliphatic heterocycles. The number of rotatable bonds is 5. The number of aryl methyl sites for hydroxylation is 2. The summed E-state index contributed by atoms with van der Waals surface area (Å²) in [5.41, 5.74) is 5.42. The highest BCUT2D eigenvalue weighted by Gasteiger charge is 2.10. The van der Waals surface area contributed by atoms with Gasteiger partial charge in [-0.05, 0) is 72.4 Å². The molecule has 1 aliphatic rings. The second-order valence-corrected chi connectivity index (χ2v) is 6.25. The molecule has 0 atom stereocenters. The van der Waals surface area contributed by atoms with Gasteiger partial charge in [0.1, 0.15) is 11.5 Å². The van der Waals surface area contributed by atoms with Crippen LogP contribution in [-0.2, 0) is 19.4 Å². The molecule has 1 aliphatic carbocycles. The lowest BCUT2D eigenvalue weighted by molar-refractivity contribution is 0.482. The predicted molar refractivity (Wildman–Crippen MR) is 98.8 cm³/mol. The average Bonchev–Trinajstić information content (AvgIpc) is 3.09. The first-order chi connectivity index (χ1) is 11.9. The summed E-state index contributed by atoms with van der Waals surface area (Å²) in [4.78, 5) is 0. The minimum atomic E-state index is 0.796. The highest BCUT2D eigenvalue weighted by molar-refractivity contribution is 5.50. The molecule has 0 bridgehead atoms. The Morgan fingerprint density at radius 2 is 1.58 bits per heavy atom. The molecule has 2 heteroatoms. The normalized spacial score (nSPS) is 12.7. The zero-order valence-corrected chi connectivity index (χ0v) is 13.7. The number of hydrogen-bond donors (Lipinski definition) is 1. The van der Waals surface area contributed by atoms with E-state index in [4.69, 9.17) is 4.74 Å². The molecule has 2 nitrogen and oxygen atoms in total. The van der Waals surface area contributed by atoms with E-state index in [1.165, 1.54) is 41.6 Å². The Morgan fingerprint density at radius 3 is 2.50 bits per heavy atom. The van der Waals surface area contributed by atoms with Crippen molar-refractivity contribution in [3.05, 3.63) is 89.5 Å². The standard InChI is InChI=1S/C22H21NO/c1-2-9-21(10-3-1)24-22-11-4-6-17(14-22)16-23-20-13-12-18-7-5-8-19(18)15-20/h1-4,6,9-15,23H,5,7-8,16H2. The molecule has 4 rings (SSSR count). The van der Waals surface area contributed by atoms with Gasteiger partial charge < -0.3 is 10.1 Å². The quantitative estimate of drug-likeness (QED) is 0.663. The zero-order valence-electron chi connectivity index (χ0n) is 13.7. The van der Waals surface area contributed by atoms with Gasteiger partial charge in [-0.3, -0.25) is 0 Å². The molecule has 1 N–H and O–H groups in total. The van der Waals surface area contributed by atoms with E-state index in [1.54, 1.807) is 0 Å². The summed E-state index contributed by atoms with van der Waals surface area (Å²) >= 11 is 0. The van der Waals surface area contributed by atoms with Crippen LogP contribution in [0.5, 0.6) is 11.5 Å². The molecule has 0 heterocycles. The van der Waals surface area contributed by atoms with Crippen molar-refractivity contribution in [2.75, 3.05) is 5.32 Å². The number of para-hydroxylation sites is 1. The number of nitrogens with one attached hydrogen (secondary N) is 1. The minimum absolute atomic E-state index is 0.796. The van der Waals surface area contributed by atoms with Crippen LogP contribution in [0.3, 0.4) is 0 Å². The van der Waals surface area contributed by atoms with Crippen LogP contribution in [0.25, 0.3) is 0 Å². The van der Waals surface area contributed by atoms with E-state index in [0.29, 0.717) is 0 Å². The van der Waals surface area contributed by atoms with Gasteiger partial charge in [-0.1, -0.05) is 36.4 Å². The summed E-state index contributed by atoms with van der Waals surface area (Å²) in [6, 6.07) is 24.9. The molecule has 0 radical (unpaired) electrons. The largest absolute Gasteiger partial charge is 0.457 e. The number of ether oxygens (including phenoxy) is 1. The number of hydrogen-bond acceptors (Lipinski definition) is 2. The van der Waals surface area contributed by atoms with Crippen LogP contribution < -0.4 is 10.1 Å². The van der Waals surface area contributed by atoms with Crippen LogP contribution >= 0.6 is 0 Å². The van der Waals surface area contributed by atoms with E-state index >= 15 is 0 Å². The van der Waals surface area contributed by atoms with Crippen LogP contribution in [0.1, 0.15) is 23.1 Å². The Morgan fingerprint density at radius 1 is 0.750 bits per heavy atom. The summed E-state index contributed by atoms with van der Waals surface area (Å²) in [6.07, 6.45) is 3.73. The van der Waals surface area contributed by atoms with Crippen molar-refractivity contribution >= 4 is 5.69 Å². The van der Waals surface area contributed by atoms with Gasteiger partial charge in [-0.2, -0.15) is 0 Å². The Balaban J connectivity index is 1.42. The van der Waals surface area contributed by atoms with Gasteiger partial charge in [0.15, 0.2) is 0 Å². The molecule has 0 spiro atoms. The van der Waals surface area contributed by atoms with Crippen molar-refractivity contribution in [3.63, 3.8) is 0 Å². The van der Waals surface area contributed by atoms with Gasteiger partial charge in [0, 0.05) is 12.2 Å². The average molecular weight is 315 g/mol. The van der Waals surface area contributed by atoms with E-state index in [1.807, 2.05) is 42.5 Å². The van der Waals surface area contributed by atoms with Gasteiger partial charge in [0.25, 0.3) is 0 Å². The Kier molecular flexibility index (Phi) is 4.20. The Labute approximate surface area is 143 Å². The fourth-order valence-electron chi connectivity index (χ4n) is 3.23. The molecule has 0 amide bonds. The molecule has 24 heavy (non-hydrogen) atoms. The fourth-order valence-corrected chi connectivity index (χ4v) is 3.23. The van der Waals surface area contributed by atoms with Crippen LogP contribution in [0.15, 0.2) is 72.8 Å². The van der Waals surface area contributed by atoms with Crippen molar-refractivity contribution in [2.45, 2.75) is 25.8 Å². The van der Waals surface area contributed by atoms with E-state index in [9.17, 15) is 0 Å².